The monoisotopic (exact) mass is 236 g/mol. The quantitative estimate of drug-likeness (QED) is 0.621. The van der Waals surface area contributed by atoms with Crippen molar-refractivity contribution in [3.8, 4) is 0 Å². The largest absolute Gasteiger partial charge is 0.376 e. The second kappa shape index (κ2) is 5.75. The molecular formula is C12H16N2O3. The van der Waals surface area contributed by atoms with E-state index in [2.05, 4.69) is 5.32 Å². The van der Waals surface area contributed by atoms with Crippen LogP contribution in [0.3, 0.4) is 0 Å². The lowest BCUT2D eigenvalue weighted by Crippen LogP contribution is -2.18. The van der Waals surface area contributed by atoms with E-state index in [1.807, 2.05) is 6.07 Å². The number of rotatable bonds is 5. The molecule has 1 aromatic carbocycles. The fraction of sp³-hybridized carbons (Fsp3) is 0.500. The zero-order valence-electron chi connectivity index (χ0n) is 9.59. The first-order valence-corrected chi connectivity index (χ1v) is 5.82. The average Bonchev–Trinajstić information content (AvgIpc) is 2.82. The van der Waals surface area contributed by atoms with Crippen LogP contribution in [0.1, 0.15) is 12.0 Å². The van der Waals surface area contributed by atoms with Gasteiger partial charge >= 0.3 is 0 Å². The number of ether oxygens (including phenoxy) is 1. The van der Waals surface area contributed by atoms with Gasteiger partial charge in [0.15, 0.2) is 0 Å². The van der Waals surface area contributed by atoms with Crippen LogP contribution in [0, 0.1) is 10.1 Å². The van der Waals surface area contributed by atoms with Crippen LogP contribution in [0.2, 0.25) is 0 Å². The summed E-state index contributed by atoms with van der Waals surface area (Å²) in [5.74, 6) is 0. The lowest BCUT2D eigenvalue weighted by molar-refractivity contribution is -0.385. The molecule has 0 aromatic heterocycles. The minimum Gasteiger partial charge on any atom is -0.376 e. The van der Waals surface area contributed by atoms with Gasteiger partial charge in [-0.2, -0.15) is 0 Å². The number of nitro benzene ring substituents is 1. The summed E-state index contributed by atoms with van der Waals surface area (Å²) in [6.45, 7) is 2.42. The van der Waals surface area contributed by atoms with Gasteiger partial charge in [0.1, 0.15) is 0 Å². The zero-order chi connectivity index (χ0) is 12.1. The third-order valence-electron chi connectivity index (χ3n) is 2.93. The summed E-state index contributed by atoms with van der Waals surface area (Å²) in [7, 11) is 0. The first kappa shape index (κ1) is 12.0. The Balaban J connectivity index is 1.87. The molecule has 1 atom stereocenters. The molecule has 0 aliphatic carbocycles. The van der Waals surface area contributed by atoms with Gasteiger partial charge in [-0.15, -0.1) is 0 Å². The number of para-hydroxylation sites is 1. The molecule has 1 saturated heterocycles. The Kier molecular flexibility index (Phi) is 4.06. The van der Waals surface area contributed by atoms with E-state index >= 15 is 0 Å². The van der Waals surface area contributed by atoms with Crippen LogP contribution in [0.15, 0.2) is 24.3 Å². The van der Waals surface area contributed by atoms with Gasteiger partial charge in [0.2, 0.25) is 0 Å². The fourth-order valence-corrected chi connectivity index (χ4v) is 2.01. The number of hydrogen-bond acceptors (Lipinski definition) is 4. The smallest absolute Gasteiger partial charge is 0.272 e. The molecule has 92 valence electrons. The van der Waals surface area contributed by atoms with Crippen LogP contribution in [0.5, 0.6) is 0 Å². The van der Waals surface area contributed by atoms with Crippen molar-refractivity contribution in [3.05, 3.63) is 39.9 Å². The Hall–Kier alpha value is -1.46. The molecule has 1 unspecified atom stereocenters. The highest BCUT2D eigenvalue weighted by atomic mass is 16.6. The minimum absolute atomic E-state index is 0.181. The molecule has 1 N–H and O–H groups in total. The summed E-state index contributed by atoms with van der Waals surface area (Å²) in [6.07, 6.45) is 1.88. The van der Waals surface area contributed by atoms with Crippen LogP contribution >= 0.6 is 0 Å². The maximum absolute atomic E-state index is 10.8. The molecule has 5 nitrogen and oxygen atoms in total. The molecule has 0 saturated carbocycles. The molecule has 2 rings (SSSR count). The maximum Gasteiger partial charge on any atom is 0.272 e. The van der Waals surface area contributed by atoms with E-state index in [-0.39, 0.29) is 16.7 Å². The van der Waals surface area contributed by atoms with E-state index in [4.69, 9.17) is 4.74 Å². The predicted molar refractivity (Wildman–Crippen MR) is 64.0 cm³/mol. The van der Waals surface area contributed by atoms with Crippen LogP contribution < -0.4 is 5.32 Å². The van der Waals surface area contributed by atoms with Crippen LogP contribution in [-0.2, 0) is 11.2 Å². The molecule has 0 spiro atoms. The Morgan fingerprint density at radius 1 is 1.47 bits per heavy atom. The Morgan fingerprint density at radius 3 is 3.00 bits per heavy atom. The number of hydrogen-bond donors (Lipinski definition) is 1. The van der Waals surface area contributed by atoms with Crippen molar-refractivity contribution in [3.63, 3.8) is 0 Å². The van der Waals surface area contributed by atoms with Crippen molar-refractivity contribution >= 4 is 5.69 Å². The topological polar surface area (TPSA) is 64.4 Å². The predicted octanol–water partition coefficient (Wildman–Crippen LogP) is 1.52. The fourth-order valence-electron chi connectivity index (χ4n) is 2.01. The summed E-state index contributed by atoms with van der Waals surface area (Å²) >= 11 is 0. The van der Waals surface area contributed by atoms with Gasteiger partial charge in [0.25, 0.3) is 5.69 Å². The molecule has 1 fully saturated rings. The van der Waals surface area contributed by atoms with Gasteiger partial charge in [0.05, 0.1) is 17.6 Å². The van der Waals surface area contributed by atoms with Gasteiger partial charge in [0, 0.05) is 24.6 Å². The van der Waals surface area contributed by atoms with Gasteiger partial charge in [-0.3, -0.25) is 10.1 Å². The molecule has 0 radical (unpaired) electrons. The number of nitrogens with one attached hydrogen (secondary N) is 1. The lowest BCUT2D eigenvalue weighted by atomic mass is 10.1. The van der Waals surface area contributed by atoms with Gasteiger partial charge in [-0.1, -0.05) is 18.2 Å². The van der Waals surface area contributed by atoms with Crippen LogP contribution in [0.4, 0.5) is 5.69 Å². The van der Waals surface area contributed by atoms with E-state index in [0.717, 1.165) is 25.1 Å². The molecule has 1 aliphatic rings. The van der Waals surface area contributed by atoms with E-state index in [1.165, 1.54) is 6.07 Å². The lowest BCUT2D eigenvalue weighted by Gasteiger charge is -2.10. The van der Waals surface area contributed by atoms with E-state index in [9.17, 15) is 10.1 Å². The molecule has 0 bridgehead atoms. The van der Waals surface area contributed by atoms with Gasteiger partial charge in [-0.05, 0) is 13.0 Å². The highest BCUT2D eigenvalue weighted by Gasteiger charge is 2.16. The van der Waals surface area contributed by atoms with Crippen molar-refractivity contribution in [2.24, 2.45) is 0 Å². The van der Waals surface area contributed by atoms with E-state index < -0.39 is 0 Å². The SMILES string of the molecule is O=[N+]([O-])c1ccccc1CCOC1CCNC1. The first-order valence-electron chi connectivity index (χ1n) is 5.82. The van der Waals surface area contributed by atoms with Crippen molar-refractivity contribution in [1.82, 2.24) is 5.32 Å². The molecule has 5 heteroatoms. The zero-order valence-corrected chi connectivity index (χ0v) is 9.59. The molecule has 1 heterocycles. The van der Waals surface area contributed by atoms with Crippen molar-refractivity contribution in [2.45, 2.75) is 18.9 Å². The number of nitro groups is 1. The molecule has 17 heavy (non-hydrogen) atoms. The van der Waals surface area contributed by atoms with Crippen molar-refractivity contribution < 1.29 is 9.66 Å². The summed E-state index contributed by atoms with van der Waals surface area (Å²) in [4.78, 5) is 10.5. The van der Waals surface area contributed by atoms with E-state index in [1.54, 1.807) is 12.1 Å². The first-order chi connectivity index (χ1) is 8.27. The highest BCUT2D eigenvalue weighted by Crippen LogP contribution is 2.18. The van der Waals surface area contributed by atoms with Crippen molar-refractivity contribution in [1.29, 1.82) is 0 Å². The third kappa shape index (κ3) is 3.25. The standard InChI is InChI=1S/C12H16N2O3/c15-14(16)12-4-2-1-3-10(12)6-8-17-11-5-7-13-9-11/h1-4,11,13H,5-9H2. The summed E-state index contributed by atoms with van der Waals surface area (Å²) in [5, 5.41) is 14.0. The normalized spacial score (nSPS) is 19.4. The Morgan fingerprint density at radius 2 is 2.29 bits per heavy atom. The van der Waals surface area contributed by atoms with Gasteiger partial charge < -0.3 is 10.1 Å². The average molecular weight is 236 g/mol. The van der Waals surface area contributed by atoms with Gasteiger partial charge in [-0.25, -0.2) is 0 Å². The minimum atomic E-state index is -0.341. The maximum atomic E-state index is 10.8. The molecule has 1 aliphatic heterocycles. The molecule has 1 aromatic rings. The molecular weight excluding hydrogens is 220 g/mol. The molecule has 0 amide bonds. The van der Waals surface area contributed by atoms with Crippen LogP contribution in [-0.4, -0.2) is 30.7 Å². The summed E-state index contributed by atoms with van der Waals surface area (Å²) in [5.41, 5.74) is 0.920. The number of benzene rings is 1. The highest BCUT2D eigenvalue weighted by molar-refractivity contribution is 5.39. The Bertz CT molecular complexity index is 389. The second-order valence-electron chi connectivity index (χ2n) is 4.12. The number of nitrogens with zero attached hydrogens (tertiary/aromatic N) is 1. The second-order valence-corrected chi connectivity index (χ2v) is 4.12. The van der Waals surface area contributed by atoms with Crippen LogP contribution in [0.25, 0.3) is 0 Å². The summed E-state index contributed by atoms with van der Waals surface area (Å²) < 4.78 is 5.66. The van der Waals surface area contributed by atoms with Crippen molar-refractivity contribution in [2.75, 3.05) is 19.7 Å². The third-order valence-corrected chi connectivity index (χ3v) is 2.93. The summed E-state index contributed by atoms with van der Waals surface area (Å²) in [6, 6.07) is 6.82. The van der Waals surface area contributed by atoms with E-state index in [0.29, 0.717) is 13.0 Å². The Labute approximate surface area is 99.9 Å².